The van der Waals surface area contributed by atoms with Gasteiger partial charge in [0.05, 0.1) is 0 Å². The van der Waals surface area contributed by atoms with Gasteiger partial charge in [0.15, 0.2) is 0 Å². The van der Waals surface area contributed by atoms with E-state index in [2.05, 4.69) is 10.6 Å². The summed E-state index contributed by atoms with van der Waals surface area (Å²) in [6.07, 6.45) is 0. The maximum absolute atomic E-state index is 11.1. The molecule has 0 atom stereocenters. The second kappa shape index (κ2) is 4.50. The average Bonchev–Trinajstić information content (AvgIpc) is 2.04. The molecule has 1 N–H and O–H groups in total. The zero-order valence-corrected chi connectivity index (χ0v) is 7.82. The van der Waals surface area contributed by atoms with E-state index in [1.165, 1.54) is 0 Å². The number of hydrogen-bond donors (Lipinski definition) is 1. The smallest absolute Gasteiger partial charge is 0.306 e. The van der Waals surface area contributed by atoms with Gasteiger partial charge in [-0.15, -0.1) is 0 Å². The number of carbonyl (C=O) groups is 1. The first-order chi connectivity index (χ1) is 6.18. The van der Waals surface area contributed by atoms with Crippen LogP contribution in [0.15, 0.2) is 30.3 Å². The molecule has 1 radical (unpaired) electrons. The summed E-state index contributed by atoms with van der Waals surface area (Å²) in [4.78, 5) is 11.1. The Morgan fingerprint density at radius 2 is 1.92 bits per heavy atom. The highest BCUT2D eigenvalue weighted by atomic mass is 16.2. The summed E-state index contributed by atoms with van der Waals surface area (Å²) in [6, 6.07) is 9.03. The van der Waals surface area contributed by atoms with Gasteiger partial charge in [-0.2, -0.15) is 0 Å². The highest BCUT2D eigenvalue weighted by molar-refractivity contribution is 5.89. The minimum atomic E-state index is -0.291. The number of amides is 2. The second-order valence-corrected chi connectivity index (χ2v) is 3.02. The van der Waals surface area contributed by atoms with Gasteiger partial charge in [0.1, 0.15) is 0 Å². The van der Waals surface area contributed by atoms with Gasteiger partial charge in [0.2, 0.25) is 0 Å². The Bertz CT molecular complexity index is 270. The number of nitrogens with zero attached hydrogens (tertiary/aromatic N) is 1. The second-order valence-electron chi connectivity index (χ2n) is 3.02. The topological polar surface area (TPSA) is 43.2 Å². The normalized spacial score (nSPS) is 9.77. The fourth-order valence-corrected chi connectivity index (χ4v) is 0.912. The number of hydrogen-bond acceptors (Lipinski definition) is 1. The molecule has 0 aliphatic carbocycles. The molecule has 1 rings (SSSR count). The van der Waals surface area contributed by atoms with Gasteiger partial charge in [-0.1, -0.05) is 18.2 Å². The first-order valence-corrected chi connectivity index (χ1v) is 4.25. The molecule has 3 heteroatoms. The molecule has 69 valence electrons. The van der Waals surface area contributed by atoms with E-state index < -0.39 is 0 Å². The minimum absolute atomic E-state index is 0.0312. The maximum atomic E-state index is 11.1. The van der Waals surface area contributed by atoms with E-state index in [-0.39, 0.29) is 12.1 Å². The van der Waals surface area contributed by atoms with Crippen LogP contribution in [-0.2, 0) is 0 Å². The van der Waals surface area contributed by atoms with Crippen LogP contribution >= 0.6 is 0 Å². The number of urea groups is 1. The summed E-state index contributed by atoms with van der Waals surface area (Å²) in [5.41, 5.74) is 0.775. The van der Waals surface area contributed by atoms with E-state index >= 15 is 0 Å². The molecule has 0 saturated carbocycles. The summed E-state index contributed by atoms with van der Waals surface area (Å²) in [5.74, 6) is 0. The van der Waals surface area contributed by atoms with Crippen LogP contribution in [0.1, 0.15) is 13.8 Å². The number of carbonyl (C=O) groups excluding carboxylic acids is 1. The summed E-state index contributed by atoms with van der Waals surface area (Å²) in [6.45, 7) is 3.73. The highest BCUT2D eigenvalue weighted by Crippen LogP contribution is 2.04. The molecule has 0 aliphatic heterocycles. The van der Waals surface area contributed by atoms with Crippen LogP contribution in [0.4, 0.5) is 10.5 Å². The van der Waals surface area contributed by atoms with Crippen LogP contribution in [0.5, 0.6) is 0 Å². The van der Waals surface area contributed by atoms with Gasteiger partial charge < -0.3 is 5.32 Å². The van der Waals surface area contributed by atoms with Crippen LogP contribution in [0.3, 0.4) is 0 Å². The molecule has 0 aliphatic rings. The fourth-order valence-electron chi connectivity index (χ4n) is 0.912. The Morgan fingerprint density at radius 3 is 2.46 bits per heavy atom. The Labute approximate surface area is 78.2 Å². The molecule has 0 unspecified atom stereocenters. The monoisotopic (exact) mass is 177 g/mol. The summed E-state index contributed by atoms with van der Waals surface area (Å²) < 4.78 is 0. The van der Waals surface area contributed by atoms with Crippen molar-refractivity contribution in [2.24, 2.45) is 0 Å². The molecule has 0 heterocycles. The van der Waals surface area contributed by atoms with Crippen molar-refractivity contribution < 1.29 is 4.79 Å². The van der Waals surface area contributed by atoms with Crippen LogP contribution in [0.25, 0.3) is 0 Å². The number of benzene rings is 1. The van der Waals surface area contributed by atoms with Gasteiger partial charge >= 0.3 is 6.03 Å². The van der Waals surface area contributed by atoms with Crippen molar-refractivity contribution in [2.45, 2.75) is 19.9 Å². The summed E-state index contributed by atoms with van der Waals surface area (Å²) >= 11 is 0. The molecule has 13 heavy (non-hydrogen) atoms. The third kappa shape index (κ3) is 3.60. The number of para-hydroxylation sites is 1. The van der Waals surface area contributed by atoms with Crippen LogP contribution in [0, 0.1) is 0 Å². The van der Waals surface area contributed by atoms with Gasteiger partial charge in [-0.05, 0) is 26.0 Å². The molecule has 0 spiro atoms. The predicted octanol–water partition coefficient (Wildman–Crippen LogP) is 2.23. The van der Waals surface area contributed by atoms with Crippen LogP contribution in [-0.4, -0.2) is 12.1 Å². The molecule has 0 bridgehead atoms. The van der Waals surface area contributed by atoms with E-state index in [4.69, 9.17) is 0 Å². The number of rotatable bonds is 2. The Kier molecular flexibility index (Phi) is 3.31. The van der Waals surface area contributed by atoms with Gasteiger partial charge in [-0.25, -0.2) is 10.1 Å². The summed E-state index contributed by atoms with van der Waals surface area (Å²) in [7, 11) is 0. The van der Waals surface area contributed by atoms with Crippen LogP contribution in [0.2, 0.25) is 0 Å². The van der Waals surface area contributed by atoms with E-state index in [0.717, 1.165) is 5.69 Å². The zero-order valence-electron chi connectivity index (χ0n) is 7.82. The van der Waals surface area contributed by atoms with Gasteiger partial charge in [-0.3, -0.25) is 0 Å². The molecular weight excluding hydrogens is 164 g/mol. The fraction of sp³-hybridized carbons (Fsp3) is 0.300. The zero-order chi connectivity index (χ0) is 9.68. The van der Waals surface area contributed by atoms with Crippen LogP contribution < -0.4 is 10.6 Å². The number of nitrogens with one attached hydrogen (secondary N) is 1. The van der Waals surface area contributed by atoms with E-state index in [9.17, 15) is 4.79 Å². The third-order valence-corrected chi connectivity index (χ3v) is 1.40. The molecule has 0 fully saturated rings. The largest absolute Gasteiger partial charge is 0.341 e. The first-order valence-electron chi connectivity index (χ1n) is 4.25. The molecule has 1 aromatic carbocycles. The molecular formula is C10H13N2O. The molecule has 3 nitrogen and oxygen atoms in total. The van der Waals surface area contributed by atoms with Crippen molar-refractivity contribution in [1.82, 2.24) is 5.32 Å². The lowest BCUT2D eigenvalue weighted by Gasteiger charge is -2.06. The van der Waals surface area contributed by atoms with Crippen molar-refractivity contribution in [1.29, 1.82) is 0 Å². The van der Waals surface area contributed by atoms with Crippen molar-refractivity contribution in [3.63, 3.8) is 0 Å². The van der Waals surface area contributed by atoms with Crippen molar-refractivity contribution >= 4 is 11.7 Å². The Hall–Kier alpha value is -1.51. The number of anilines is 1. The summed E-state index contributed by atoms with van der Waals surface area (Å²) in [5, 5.41) is 6.49. The van der Waals surface area contributed by atoms with Crippen molar-refractivity contribution in [2.75, 3.05) is 5.32 Å². The SMILES string of the molecule is CC(C)[N]C(=O)Nc1ccccc1. The van der Waals surface area contributed by atoms with Crippen molar-refractivity contribution in [3.05, 3.63) is 30.3 Å². The highest BCUT2D eigenvalue weighted by Gasteiger charge is 2.03. The average molecular weight is 177 g/mol. The lowest BCUT2D eigenvalue weighted by atomic mass is 10.3. The standard InChI is InChI=1S/C10H13N2O/c1-8(2)11-10(13)12-9-6-4-3-5-7-9/h3-8H,1-2H3,(H,12,13). The first kappa shape index (κ1) is 9.58. The molecule has 0 saturated heterocycles. The predicted molar refractivity (Wildman–Crippen MR) is 52.7 cm³/mol. The molecule has 1 aromatic rings. The van der Waals surface area contributed by atoms with E-state index in [1.54, 1.807) is 0 Å². The third-order valence-electron chi connectivity index (χ3n) is 1.40. The minimum Gasteiger partial charge on any atom is -0.306 e. The maximum Gasteiger partial charge on any atom is 0.341 e. The van der Waals surface area contributed by atoms with Gasteiger partial charge in [0.25, 0.3) is 0 Å². The Balaban J connectivity index is 2.46. The Morgan fingerprint density at radius 1 is 1.31 bits per heavy atom. The van der Waals surface area contributed by atoms with Gasteiger partial charge in [0, 0.05) is 11.7 Å². The van der Waals surface area contributed by atoms with E-state index in [1.807, 2.05) is 44.2 Å². The van der Waals surface area contributed by atoms with Crippen molar-refractivity contribution in [3.8, 4) is 0 Å². The quantitative estimate of drug-likeness (QED) is 0.739. The van der Waals surface area contributed by atoms with E-state index in [0.29, 0.717) is 0 Å². The lowest BCUT2D eigenvalue weighted by molar-refractivity contribution is 0.249. The lowest BCUT2D eigenvalue weighted by Crippen LogP contribution is -2.27. The molecule has 0 aromatic heterocycles. The molecule has 2 amide bonds.